The van der Waals surface area contributed by atoms with Crippen molar-refractivity contribution in [3.8, 4) is 5.75 Å². The lowest BCUT2D eigenvalue weighted by molar-refractivity contribution is -0.281. The molecule has 2 amide bonds. The van der Waals surface area contributed by atoms with Crippen LogP contribution in [0.15, 0.2) is 30.3 Å². The predicted molar refractivity (Wildman–Crippen MR) is 167 cm³/mol. The van der Waals surface area contributed by atoms with Gasteiger partial charge >= 0.3 is 11.9 Å². The fourth-order valence-corrected chi connectivity index (χ4v) is 5.84. The van der Waals surface area contributed by atoms with Crippen LogP contribution in [0.1, 0.15) is 99.1 Å². The molecule has 2 N–H and O–H groups in total. The molecule has 0 radical (unpaired) electrons. The van der Waals surface area contributed by atoms with Gasteiger partial charge in [-0.2, -0.15) is 0 Å². The normalized spacial score (nSPS) is 23.0. The van der Waals surface area contributed by atoms with E-state index < -0.39 is 42.3 Å². The highest BCUT2D eigenvalue weighted by Gasteiger charge is 2.45. The summed E-state index contributed by atoms with van der Waals surface area (Å²) < 4.78 is 28.6. The molecule has 45 heavy (non-hydrogen) atoms. The second kappa shape index (κ2) is 14.0. The number of imide groups is 1. The van der Waals surface area contributed by atoms with Gasteiger partial charge in [0.05, 0.1) is 35.2 Å². The van der Waals surface area contributed by atoms with Crippen LogP contribution in [-0.4, -0.2) is 62.1 Å². The highest BCUT2D eigenvalue weighted by molar-refractivity contribution is 6.35. The Kier molecular flexibility index (Phi) is 10.5. The van der Waals surface area contributed by atoms with Crippen molar-refractivity contribution in [2.45, 2.75) is 85.7 Å². The summed E-state index contributed by atoms with van der Waals surface area (Å²) in [6.45, 7) is 14.7. The van der Waals surface area contributed by atoms with Crippen molar-refractivity contribution >= 4 is 35.1 Å². The first-order valence-electron chi connectivity index (χ1n) is 15.4. The van der Waals surface area contributed by atoms with Crippen LogP contribution in [-0.2, 0) is 28.5 Å². The second-order valence-electron chi connectivity index (χ2n) is 12.3. The SMILES string of the molecule is CC(=O)OCC1O[C@@H](OCCOc2cc3c(cc2N)C(=O)N(c2c(C(C)C)cccc2C(C)C)C3=O)C(OC(C)=O)[C@@H](C)[C@@H]1C. The molecule has 11 heteroatoms. The first-order chi connectivity index (χ1) is 21.2. The van der Waals surface area contributed by atoms with Crippen molar-refractivity contribution in [3.63, 3.8) is 0 Å². The maximum absolute atomic E-state index is 13.8. The summed E-state index contributed by atoms with van der Waals surface area (Å²) in [5.74, 6) is -1.58. The van der Waals surface area contributed by atoms with E-state index in [0.29, 0.717) is 5.69 Å². The van der Waals surface area contributed by atoms with Gasteiger partial charge < -0.3 is 29.4 Å². The van der Waals surface area contributed by atoms with Gasteiger partial charge in [0, 0.05) is 19.8 Å². The summed E-state index contributed by atoms with van der Waals surface area (Å²) in [6, 6.07) is 8.81. The van der Waals surface area contributed by atoms with E-state index in [1.54, 1.807) is 0 Å². The van der Waals surface area contributed by atoms with Gasteiger partial charge in [0.1, 0.15) is 19.0 Å². The Morgan fingerprint density at radius 1 is 0.911 bits per heavy atom. The first-order valence-corrected chi connectivity index (χ1v) is 15.4. The molecule has 244 valence electrons. The molecule has 0 aromatic heterocycles. The number of carbonyl (C=O) groups is 4. The molecule has 11 nitrogen and oxygen atoms in total. The van der Waals surface area contributed by atoms with Crippen LogP contribution >= 0.6 is 0 Å². The highest BCUT2D eigenvalue weighted by Crippen LogP contribution is 2.41. The standard InChI is InChI=1S/C34H44N2O9/c1-17(2)23-10-9-11-24(18(3)4)30(23)36-32(39)25-14-27(35)28(15-26(25)33(36)40)41-12-13-42-34-31(44-22(8)38)20(6)19(5)29(45-34)16-43-21(7)37/h9-11,14-15,17-20,29,31,34H,12-13,16,35H2,1-8H3/t19-,20-,29?,31?,34+/m0/s1. The van der Waals surface area contributed by atoms with Gasteiger partial charge in [-0.15, -0.1) is 0 Å². The number of nitrogens with zero attached hydrogens (tertiary/aromatic N) is 1. The first kappa shape index (κ1) is 33.9. The molecule has 0 bridgehead atoms. The molecule has 0 spiro atoms. The summed E-state index contributed by atoms with van der Waals surface area (Å²) in [5, 5.41) is 0. The fraction of sp³-hybridized carbons (Fsp3) is 0.529. The number of nitrogens with two attached hydrogens (primary N) is 1. The Labute approximate surface area is 264 Å². The quantitative estimate of drug-likeness (QED) is 0.153. The van der Waals surface area contributed by atoms with Crippen LogP contribution in [0.25, 0.3) is 0 Å². The molecule has 0 aliphatic carbocycles. The van der Waals surface area contributed by atoms with E-state index in [1.807, 2.05) is 59.7 Å². The Morgan fingerprint density at radius 3 is 2.07 bits per heavy atom. The zero-order chi connectivity index (χ0) is 33.2. The average Bonchev–Trinajstić information content (AvgIpc) is 3.20. The predicted octanol–water partition coefficient (Wildman–Crippen LogP) is 5.20. The summed E-state index contributed by atoms with van der Waals surface area (Å²) in [5.41, 5.74) is 9.35. The molecule has 5 atom stereocenters. The van der Waals surface area contributed by atoms with Crippen molar-refractivity contribution in [2.24, 2.45) is 11.8 Å². The topological polar surface area (TPSA) is 144 Å². The van der Waals surface area contributed by atoms with Gasteiger partial charge in [0.15, 0.2) is 12.4 Å². The Bertz CT molecular complexity index is 1430. The number of hydrogen-bond acceptors (Lipinski definition) is 10. The number of rotatable bonds is 11. The maximum atomic E-state index is 13.8. The van der Waals surface area contributed by atoms with Crippen LogP contribution in [0.3, 0.4) is 0 Å². The monoisotopic (exact) mass is 624 g/mol. The number of nitrogen functional groups attached to an aromatic ring is 1. The third kappa shape index (κ3) is 7.15. The minimum atomic E-state index is -0.925. The third-order valence-corrected chi connectivity index (χ3v) is 8.47. The van der Waals surface area contributed by atoms with Crippen LogP contribution < -0.4 is 15.4 Å². The van der Waals surface area contributed by atoms with E-state index in [2.05, 4.69) is 0 Å². The molecule has 2 heterocycles. The van der Waals surface area contributed by atoms with E-state index in [9.17, 15) is 19.2 Å². The van der Waals surface area contributed by atoms with E-state index in [1.165, 1.54) is 30.9 Å². The molecule has 2 aromatic rings. The van der Waals surface area contributed by atoms with Crippen molar-refractivity contribution < 1.29 is 42.9 Å². The van der Waals surface area contributed by atoms with E-state index >= 15 is 0 Å². The van der Waals surface area contributed by atoms with Crippen molar-refractivity contribution in [1.29, 1.82) is 0 Å². The van der Waals surface area contributed by atoms with Crippen molar-refractivity contribution in [2.75, 3.05) is 30.5 Å². The number of amides is 2. The van der Waals surface area contributed by atoms with Crippen molar-refractivity contribution in [3.05, 3.63) is 52.6 Å². The van der Waals surface area contributed by atoms with Gasteiger partial charge in [0.25, 0.3) is 11.8 Å². The zero-order valence-corrected chi connectivity index (χ0v) is 27.2. The van der Waals surface area contributed by atoms with Crippen LogP contribution in [0, 0.1) is 11.8 Å². The number of benzene rings is 2. The lowest BCUT2D eigenvalue weighted by atomic mass is 9.83. The Balaban J connectivity index is 1.49. The lowest BCUT2D eigenvalue weighted by Crippen LogP contribution is -2.53. The largest absolute Gasteiger partial charge is 0.489 e. The molecule has 2 aliphatic rings. The van der Waals surface area contributed by atoms with Crippen LogP contribution in [0.4, 0.5) is 11.4 Å². The fourth-order valence-electron chi connectivity index (χ4n) is 5.84. The number of carbonyl (C=O) groups excluding carboxylic acids is 4. The van der Waals surface area contributed by atoms with Gasteiger partial charge in [-0.1, -0.05) is 59.7 Å². The molecule has 2 aliphatic heterocycles. The summed E-state index contributed by atoms with van der Waals surface area (Å²) in [7, 11) is 0. The van der Waals surface area contributed by atoms with E-state index in [-0.39, 0.29) is 66.1 Å². The summed E-state index contributed by atoms with van der Waals surface area (Å²) in [4.78, 5) is 51.8. The number of para-hydroxylation sites is 1. The molecular formula is C34H44N2O9. The van der Waals surface area contributed by atoms with Gasteiger partial charge in [-0.25, -0.2) is 4.90 Å². The van der Waals surface area contributed by atoms with Gasteiger partial charge in [0.2, 0.25) is 0 Å². The van der Waals surface area contributed by atoms with Crippen LogP contribution in [0.5, 0.6) is 5.75 Å². The Hall–Kier alpha value is -3.96. The average molecular weight is 625 g/mol. The Morgan fingerprint density at radius 2 is 1.51 bits per heavy atom. The number of esters is 2. The number of ether oxygens (including phenoxy) is 5. The maximum Gasteiger partial charge on any atom is 0.303 e. The summed E-state index contributed by atoms with van der Waals surface area (Å²) in [6.07, 6.45) is -2.07. The molecule has 4 rings (SSSR count). The minimum Gasteiger partial charge on any atom is -0.489 e. The lowest BCUT2D eigenvalue weighted by Gasteiger charge is -2.43. The smallest absolute Gasteiger partial charge is 0.303 e. The second-order valence-corrected chi connectivity index (χ2v) is 12.3. The molecule has 2 unspecified atom stereocenters. The van der Waals surface area contributed by atoms with Gasteiger partial charge in [-0.05, 0) is 41.0 Å². The molecule has 1 fully saturated rings. The van der Waals surface area contributed by atoms with E-state index in [4.69, 9.17) is 29.4 Å². The molecule has 2 aromatic carbocycles. The molecular weight excluding hydrogens is 580 g/mol. The van der Waals surface area contributed by atoms with Gasteiger partial charge in [-0.3, -0.25) is 19.2 Å². The third-order valence-electron chi connectivity index (χ3n) is 8.47. The highest BCUT2D eigenvalue weighted by atomic mass is 16.7. The van der Waals surface area contributed by atoms with E-state index in [0.717, 1.165) is 11.1 Å². The number of fused-ring (bicyclic) bond motifs is 1. The van der Waals surface area contributed by atoms with Crippen LogP contribution in [0.2, 0.25) is 0 Å². The minimum absolute atomic E-state index is 0.0215. The number of anilines is 2. The molecule has 1 saturated heterocycles. The summed E-state index contributed by atoms with van der Waals surface area (Å²) >= 11 is 0. The van der Waals surface area contributed by atoms with Crippen molar-refractivity contribution in [1.82, 2.24) is 0 Å². The number of hydrogen-bond donors (Lipinski definition) is 1. The zero-order valence-electron chi connectivity index (χ0n) is 27.2. The molecule has 0 saturated carbocycles.